The molecule has 3 heterocycles. The summed E-state index contributed by atoms with van der Waals surface area (Å²) in [6.45, 7) is 5.68. The van der Waals surface area contributed by atoms with E-state index in [0.29, 0.717) is 43.5 Å². The van der Waals surface area contributed by atoms with Gasteiger partial charge >= 0.3 is 6.03 Å². The van der Waals surface area contributed by atoms with Crippen molar-refractivity contribution in [2.24, 2.45) is 0 Å². The predicted octanol–water partition coefficient (Wildman–Crippen LogP) is 2.03. The van der Waals surface area contributed by atoms with Crippen molar-refractivity contribution in [3.8, 4) is 0 Å². The molecule has 0 aliphatic carbocycles. The van der Waals surface area contributed by atoms with Crippen molar-refractivity contribution >= 4 is 6.03 Å². The number of carbonyl (C=O) groups excluding carboxylic acids is 1. The number of benzene rings is 1. The second-order valence-corrected chi connectivity index (χ2v) is 6.90. The van der Waals surface area contributed by atoms with Crippen molar-refractivity contribution in [3.63, 3.8) is 0 Å². The molecule has 4 rings (SSSR count). The molecule has 2 aromatic rings. The fourth-order valence-electron chi connectivity index (χ4n) is 3.73. The zero-order valence-electron chi connectivity index (χ0n) is 14.8. The van der Waals surface area contributed by atoms with Crippen LogP contribution in [-0.4, -0.2) is 63.1 Å². The van der Waals surface area contributed by atoms with Crippen LogP contribution in [-0.2, 0) is 13.1 Å². The van der Waals surface area contributed by atoms with Crippen molar-refractivity contribution in [2.45, 2.75) is 32.5 Å². The Balaban J connectivity index is 1.34. The highest BCUT2D eigenvalue weighted by Crippen LogP contribution is 2.23. The first kappa shape index (κ1) is 17.0. The number of rotatable bonds is 5. The van der Waals surface area contributed by atoms with Gasteiger partial charge in [-0.15, -0.1) is 0 Å². The van der Waals surface area contributed by atoms with E-state index in [0.717, 1.165) is 19.5 Å². The summed E-state index contributed by atoms with van der Waals surface area (Å²) in [5.74, 6) is 0.864. The van der Waals surface area contributed by atoms with Gasteiger partial charge in [-0.25, -0.2) is 9.18 Å². The van der Waals surface area contributed by atoms with Crippen molar-refractivity contribution in [1.82, 2.24) is 24.8 Å². The third-order valence-corrected chi connectivity index (χ3v) is 5.06. The molecule has 0 N–H and O–H groups in total. The molecule has 138 valence electrons. The van der Waals surface area contributed by atoms with Crippen LogP contribution in [0.3, 0.4) is 0 Å². The molecule has 2 aliphatic heterocycles. The van der Waals surface area contributed by atoms with Crippen LogP contribution in [0, 0.1) is 12.7 Å². The van der Waals surface area contributed by atoms with Gasteiger partial charge in [0.25, 0.3) is 0 Å². The molecular formula is C18H22FN5O2. The normalized spacial score (nSPS) is 21.2. The summed E-state index contributed by atoms with van der Waals surface area (Å²) in [5, 5.41) is 3.76. The Morgan fingerprint density at radius 1 is 1.23 bits per heavy atom. The van der Waals surface area contributed by atoms with E-state index in [2.05, 4.69) is 15.0 Å². The Kier molecular flexibility index (Phi) is 4.58. The largest absolute Gasteiger partial charge is 0.337 e. The molecule has 26 heavy (non-hydrogen) atoms. The zero-order valence-corrected chi connectivity index (χ0v) is 14.8. The van der Waals surface area contributed by atoms with E-state index in [-0.39, 0.29) is 17.9 Å². The summed E-state index contributed by atoms with van der Waals surface area (Å²) in [6.07, 6.45) is 0.910. The molecule has 1 aromatic heterocycles. The summed E-state index contributed by atoms with van der Waals surface area (Å²) in [6, 6.07) is 7.05. The first-order valence-corrected chi connectivity index (χ1v) is 8.90. The highest BCUT2D eigenvalue weighted by Gasteiger charge is 2.37. The Morgan fingerprint density at radius 3 is 2.85 bits per heavy atom. The minimum Gasteiger partial charge on any atom is -0.337 e. The van der Waals surface area contributed by atoms with E-state index in [1.54, 1.807) is 17.9 Å². The van der Waals surface area contributed by atoms with Gasteiger partial charge in [0.2, 0.25) is 5.89 Å². The quantitative estimate of drug-likeness (QED) is 0.817. The van der Waals surface area contributed by atoms with Crippen LogP contribution in [0.15, 0.2) is 28.8 Å². The maximum absolute atomic E-state index is 13.8. The summed E-state index contributed by atoms with van der Waals surface area (Å²) in [4.78, 5) is 22.7. The summed E-state index contributed by atoms with van der Waals surface area (Å²) in [5.41, 5.74) is 0.703. The number of aromatic nitrogens is 2. The number of amides is 2. The molecule has 7 nitrogen and oxygen atoms in total. The van der Waals surface area contributed by atoms with Gasteiger partial charge in [0, 0.05) is 44.3 Å². The molecule has 0 radical (unpaired) electrons. The van der Waals surface area contributed by atoms with Crippen LogP contribution >= 0.6 is 0 Å². The SMILES string of the molecule is Cc1noc(CN2CCN([C@H]3CCN(Cc4ccccc4F)C3)C2=O)n1. The number of nitrogens with zero attached hydrogens (tertiary/aromatic N) is 5. The number of aryl methyl sites for hydroxylation is 1. The fraction of sp³-hybridized carbons (Fsp3) is 0.500. The van der Waals surface area contributed by atoms with Crippen LogP contribution in [0.25, 0.3) is 0 Å². The average molecular weight is 359 g/mol. The van der Waals surface area contributed by atoms with Crippen LogP contribution in [0.5, 0.6) is 0 Å². The standard InChI is InChI=1S/C18H22FN5O2/c1-13-20-17(26-21-13)12-23-8-9-24(18(23)25)15-6-7-22(11-15)10-14-4-2-3-5-16(14)19/h2-5,15H,6-12H2,1H3/t15-/m0/s1. The summed E-state index contributed by atoms with van der Waals surface area (Å²) >= 11 is 0. The minimum absolute atomic E-state index is 0.0126. The molecule has 2 saturated heterocycles. The predicted molar refractivity (Wildman–Crippen MR) is 91.6 cm³/mol. The monoisotopic (exact) mass is 359 g/mol. The molecule has 2 aliphatic rings. The molecule has 8 heteroatoms. The molecule has 0 bridgehead atoms. The fourth-order valence-corrected chi connectivity index (χ4v) is 3.73. The van der Waals surface area contributed by atoms with Crippen LogP contribution < -0.4 is 0 Å². The van der Waals surface area contributed by atoms with Gasteiger partial charge in [-0.2, -0.15) is 4.98 Å². The average Bonchev–Trinajstić information content (AvgIpc) is 3.33. The number of hydrogen-bond donors (Lipinski definition) is 0. The third-order valence-electron chi connectivity index (χ3n) is 5.06. The van der Waals surface area contributed by atoms with E-state index in [4.69, 9.17) is 4.52 Å². The highest BCUT2D eigenvalue weighted by molar-refractivity contribution is 5.76. The van der Waals surface area contributed by atoms with Gasteiger partial charge in [0.15, 0.2) is 5.82 Å². The van der Waals surface area contributed by atoms with Gasteiger partial charge in [-0.1, -0.05) is 23.4 Å². The highest BCUT2D eigenvalue weighted by atomic mass is 19.1. The van der Waals surface area contributed by atoms with E-state index < -0.39 is 0 Å². The summed E-state index contributed by atoms with van der Waals surface area (Å²) in [7, 11) is 0. The molecule has 0 saturated carbocycles. The lowest BCUT2D eigenvalue weighted by atomic mass is 10.2. The molecular weight excluding hydrogens is 337 g/mol. The zero-order chi connectivity index (χ0) is 18.1. The van der Waals surface area contributed by atoms with E-state index in [1.807, 2.05) is 17.0 Å². The molecule has 2 fully saturated rings. The minimum atomic E-state index is -0.172. The molecule has 0 unspecified atom stereocenters. The van der Waals surface area contributed by atoms with Gasteiger partial charge in [0.05, 0.1) is 0 Å². The molecule has 2 amide bonds. The van der Waals surface area contributed by atoms with Crippen molar-refractivity contribution in [2.75, 3.05) is 26.2 Å². The lowest BCUT2D eigenvalue weighted by Gasteiger charge is -2.24. The number of hydrogen-bond acceptors (Lipinski definition) is 5. The number of urea groups is 1. The van der Waals surface area contributed by atoms with Crippen molar-refractivity contribution < 1.29 is 13.7 Å². The van der Waals surface area contributed by atoms with E-state index in [9.17, 15) is 9.18 Å². The number of likely N-dealkylation sites (tertiary alicyclic amines) is 1. The Bertz CT molecular complexity index is 795. The lowest BCUT2D eigenvalue weighted by Crippen LogP contribution is -2.40. The number of carbonyl (C=O) groups is 1. The topological polar surface area (TPSA) is 65.7 Å². The lowest BCUT2D eigenvalue weighted by molar-refractivity contribution is 0.170. The van der Waals surface area contributed by atoms with Crippen LogP contribution in [0.2, 0.25) is 0 Å². The van der Waals surface area contributed by atoms with Gasteiger partial charge < -0.3 is 14.3 Å². The first-order chi connectivity index (χ1) is 12.6. The Labute approximate surface area is 151 Å². The summed E-state index contributed by atoms with van der Waals surface area (Å²) < 4.78 is 19.0. The Morgan fingerprint density at radius 2 is 2.08 bits per heavy atom. The Hall–Kier alpha value is -2.48. The van der Waals surface area contributed by atoms with Gasteiger partial charge in [-0.3, -0.25) is 4.90 Å². The molecule has 1 atom stereocenters. The maximum atomic E-state index is 13.8. The number of halogens is 1. The second kappa shape index (κ2) is 7.03. The maximum Gasteiger partial charge on any atom is 0.320 e. The third kappa shape index (κ3) is 3.41. The van der Waals surface area contributed by atoms with E-state index in [1.165, 1.54) is 6.07 Å². The second-order valence-electron chi connectivity index (χ2n) is 6.90. The smallest absolute Gasteiger partial charge is 0.320 e. The van der Waals surface area contributed by atoms with Crippen LogP contribution in [0.4, 0.5) is 9.18 Å². The van der Waals surface area contributed by atoms with E-state index >= 15 is 0 Å². The van der Waals surface area contributed by atoms with Gasteiger partial charge in [-0.05, 0) is 19.4 Å². The molecule has 0 spiro atoms. The van der Waals surface area contributed by atoms with Crippen LogP contribution in [0.1, 0.15) is 23.7 Å². The van der Waals surface area contributed by atoms with Gasteiger partial charge in [0.1, 0.15) is 12.4 Å². The molecule has 1 aromatic carbocycles. The first-order valence-electron chi connectivity index (χ1n) is 8.90. The van der Waals surface area contributed by atoms with Crippen molar-refractivity contribution in [1.29, 1.82) is 0 Å². The van der Waals surface area contributed by atoms with Crippen molar-refractivity contribution in [3.05, 3.63) is 47.4 Å².